The van der Waals surface area contributed by atoms with E-state index < -0.39 is 0 Å². The van der Waals surface area contributed by atoms with Crippen LogP contribution in [0, 0.1) is 0 Å². The van der Waals surface area contributed by atoms with Crippen molar-refractivity contribution in [3.63, 3.8) is 0 Å². The number of nitrogens with one attached hydrogen (secondary N) is 1. The van der Waals surface area contributed by atoms with Gasteiger partial charge in [0.25, 0.3) is 0 Å². The highest BCUT2D eigenvalue weighted by Gasteiger charge is 2.44. The van der Waals surface area contributed by atoms with Crippen LogP contribution in [0.5, 0.6) is 5.75 Å². The zero-order valence-corrected chi connectivity index (χ0v) is 22.7. The summed E-state index contributed by atoms with van der Waals surface area (Å²) in [5.74, 6) is 0.928. The number of para-hydroxylation sites is 1. The van der Waals surface area contributed by atoms with Crippen LogP contribution < -0.4 is 10.1 Å². The first-order valence-electron chi connectivity index (χ1n) is 14.1. The maximum Gasteiger partial charge on any atom is 0.128 e. The minimum atomic E-state index is -0.0158. The molecule has 1 aliphatic rings. The number of nitrogens with zero attached hydrogens (tertiary/aromatic N) is 1. The summed E-state index contributed by atoms with van der Waals surface area (Å²) in [6, 6.07) is 30.4. The van der Waals surface area contributed by atoms with Gasteiger partial charge in [0.05, 0.1) is 18.3 Å². The standard InChI is InChI=1S/C35H36N2O/c1-4-6-20-35(21-7-5-2)29-14-11-15-31(38-3)32(29)34-30(35)22-25-17-16-24-18-19-27(23-28(24)33(25)37-34)36-26-12-9-8-10-13-26/h8-19,22-23,36H,4-7,20-21H2,1-3H3. The molecule has 38 heavy (non-hydrogen) atoms. The highest BCUT2D eigenvalue weighted by molar-refractivity contribution is 6.08. The van der Waals surface area contributed by atoms with E-state index in [1.54, 1.807) is 7.11 Å². The summed E-state index contributed by atoms with van der Waals surface area (Å²) in [5.41, 5.74) is 8.25. The Morgan fingerprint density at radius 1 is 0.737 bits per heavy atom. The quantitative estimate of drug-likeness (QED) is 0.205. The summed E-state index contributed by atoms with van der Waals surface area (Å²) in [7, 11) is 1.78. The number of anilines is 2. The van der Waals surface area contributed by atoms with Crippen LogP contribution in [-0.2, 0) is 5.41 Å². The van der Waals surface area contributed by atoms with E-state index in [0.717, 1.165) is 41.2 Å². The van der Waals surface area contributed by atoms with Crippen LogP contribution in [0.3, 0.4) is 0 Å². The van der Waals surface area contributed by atoms with Gasteiger partial charge in [0.15, 0.2) is 0 Å². The number of hydrogen-bond donors (Lipinski definition) is 1. The van der Waals surface area contributed by atoms with Crippen molar-refractivity contribution in [2.75, 3.05) is 12.4 Å². The predicted molar refractivity (Wildman–Crippen MR) is 161 cm³/mol. The van der Waals surface area contributed by atoms with E-state index in [1.807, 2.05) is 6.07 Å². The van der Waals surface area contributed by atoms with Crippen molar-refractivity contribution in [3.05, 3.63) is 96.1 Å². The van der Waals surface area contributed by atoms with Crippen molar-refractivity contribution in [2.24, 2.45) is 0 Å². The molecule has 3 heteroatoms. The van der Waals surface area contributed by atoms with Gasteiger partial charge in [0.1, 0.15) is 5.75 Å². The lowest BCUT2D eigenvalue weighted by molar-refractivity contribution is 0.405. The number of fused-ring (bicyclic) bond motifs is 6. The fourth-order valence-corrected chi connectivity index (χ4v) is 6.39. The van der Waals surface area contributed by atoms with Gasteiger partial charge in [-0.2, -0.15) is 0 Å². The first-order valence-corrected chi connectivity index (χ1v) is 14.1. The summed E-state index contributed by atoms with van der Waals surface area (Å²) in [5, 5.41) is 7.13. The Morgan fingerprint density at radius 3 is 2.21 bits per heavy atom. The van der Waals surface area contributed by atoms with Gasteiger partial charge >= 0.3 is 0 Å². The highest BCUT2D eigenvalue weighted by atomic mass is 16.5. The summed E-state index contributed by atoms with van der Waals surface area (Å²) < 4.78 is 5.95. The largest absolute Gasteiger partial charge is 0.496 e. The molecule has 1 N–H and O–H groups in total. The molecule has 0 amide bonds. The molecule has 0 saturated carbocycles. The molecule has 6 rings (SSSR count). The van der Waals surface area contributed by atoms with Gasteiger partial charge in [0.2, 0.25) is 0 Å². The summed E-state index contributed by atoms with van der Waals surface area (Å²) in [4.78, 5) is 5.49. The highest BCUT2D eigenvalue weighted by Crippen LogP contribution is 2.56. The third kappa shape index (κ3) is 4.01. The molecule has 5 aromatic rings. The monoisotopic (exact) mass is 500 g/mol. The molecule has 0 atom stereocenters. The van der Waals surface area contributed by atoms with E-state index in [9.17, 15) is 0 Å². The molecule has 4 aromatic carbocycles. The zero-order valence-electron chi connectivity index (χ0n) is 22.7. The van der Waals surface area contributed by atoms with Crippen LogP contribution in [0.4, 0.5) is 11.4 Å². The number of unbranched alkanes of at least 4 members (excludes halogenated alkanes) is 2. The summed E-state index contributed by atoms with van der Waals surface area (Å²) in [6.07, 6.45) is 7.05. The molecule has 1 aromatic heterocycles. The third-order valence-electron chi connectivity index (χ3n) is 8.29. The Hall–Kier alpha value is -3.85. The molecule has 0 aliphatic heterocycles. The number of aromatic nitrogens is 1. The number of ether oxygens (including phenoxy) is 1. The number of pyridine rings is 1. The van der Waals surface area contributed by atoms with Crippen molar-refractivity contribution in [1.29, 1.82) is 0 Å². The second-order valence-corrected chi connectivity index (χ2v) is 10.6. The average molecular weight is 501 g/mol. The fourth-order valence-electron chi connectivity index (χ4n) is 6.39. The second-order valence-electron chi connectivity index (χ2n) is 10.6. The predicted octanol–water partition coefficient (Wildman–Crippen LogP) is 9.79. The van der Waals surface area contributed by atoms with Crippen LogP contribution in [0.1, 0.15) is 63.5 Å². The maximum absolute atomic E-state index is 5.95. The minimum Gasteiger partial charge on any atom is -0.496 e. The molecule has 0 bridgehead atoms. The molecule has 0 spiro atoms. The normalized spacial score (nSPS) is 13.4. The van der Waals surface area contributed by atoms with Crippen LogP contribution in [0.25, 0.3) is 32.9 Å². The van der Waals surface area contributed by atoms with Gasteiger partial charge in [-0.3, -0.25) is 0 Å². The van der Waals surface area contributed by atoms with Crippen molar-refractivity contribution >= 4 is 33.1 Å². The molecular formula is C35H36N2O. The zero-order chi connectivity index (χ0) is 26.1. The van der Waals surface area contributed by atoms with E-state index in [2.05, 4.69) is 98.0 Å². The molecule has 1 aliphatic carbocycles. The Balaban J connectivity index is 1.59. The lowest BCUT2D eigenvalue weighted by Gasteiger charge is -2.32. The van der Waals surface area contributed by atoms with Crippen LogP contribution in [0.15, 0.2) is 84.9 Å². The molecule has 0 radical (unpaired) electrons. The Morgan fingerprint density at radius 2 is 1.47 bits per heavy atom. The fraction of sp³-hybridized carbons (Fsp3) is 0.286. The minimum absolute atomic E-state index is 0.0158. The Kier molecular flexibility index (Phi) is 6.53. The van der Waals surface area contributed by atoms with Crippen molar-refractivity contribution in [1.82, 2.24) is 4.98 Å². The third-order valence-corrected chi connectivity index (χ3v) is 8.29. The SMILES string of the molecule is CCCCC1(CCCC)c2cc3ccc4ccc(Nc5ccccc5)cc4c3nc2-c2c(OC)cccc21. The van der Waals surface area contributed by atoms with Gasteiger partial charge in [-0.05, 0) is 65.8 Å². The lowest BCUT2D eigenvalue weighted by Crippen LogP contribution is -2.25. The smallest absolute Gasteiger partial charge is 0.128 e. The number of rotatable bonds is 9. The van der Waals surface area contributed by atoms with Crippen molar-refractivity contribution in [2.45, 2.75) is 57.8 Å². The van der Waals surface area contributed by atoms with Gasteiger partial charge < -0.3 is 10.1 Å². The van der Waals surface area contributed by atoms with E-state index in [-0.39, 0.29) is 5.41 Å². The van der Waals surface area contributed by atoms with E-state index >= 15 is 0 Å². The first kappa shape index (κ1) is 24.5. The number of hydrogen-bond acceptors (Lipinski definition) is 3. The maximum atomic E-state index is 5.95. The van der Waals surface area contributed by atoms with Crippen molar-refractivity contribution < 1.29 is 4.74 Å². The second kappa shape index (κ2) is 10.1. The van der Waals surface area contributed by atoms with Gasteiger partial charge in [-0.15, -0.1) is 0 Å². The van der Waals surface area contributed by atoms with Gasteiger partial charge in [-0.1, -0.05) is 88.1 Å². The van der Waals surface area contributed by atoms with E-state index in [4.69, 9.17) is 9.72 Å². The molecule has 0 fully saturated rings. The van der Waals surface area contributed by atoms with Crippen LogP contribution in [0.2, 0.25) is 0 Å². The van der Waals surface area contributed by atoms with Crippen molar-refractivity contribution in [3.8, 4) is 17.0 Å². The summed E-state index contributed by atoms with van der Waals surface area (Å²) >= 11 is 0. The molecule has 1 heterocycles. The molecule has 192 valence electrons. The lowest BCUT2D eigenvalue weighted by atomic mass is 9.71. The molecule has 0 unspecified atom stereocenters. The van der Waals surface area contributed by atoms with E-state index in [1.165, 1.54) is 58.5 Å². The van der Waals surface area contributed by atoms with E-state index in [0.29, 0.717) is 0 Å². The Bertz CT molecular complexity index is 1600. The van der Waals surface area contributed by atoms with Gasteiger partial charge in [0, 0.05) is 33.1 Å². The Labute approximate surface area is 225 Å². The topological polar surface area (TPSA) is 34.2 Å². The molecule has 3 nitrogen and oxygen atoms in total. The molecular weight excluding hydrogens is 464 g/mol. The number of benzene rings is 4. The average Bonchev–Trinajstić information content (AvgIpc) is 3.23. The summed E-state index contributed by atoms with van der Waals surface area (Å²) in [6.45, 7) is 4.59. The number of methoxy groups -OCH3 is 1. The molecule has 0 saturated heterocycles. The van der Waals surface area contributed by atoms with Gasteiger partial charge in [-0.25, -0.2) is 4.98 Å². The van der Waals surface area contributed by atoms with Crippen LogP contribution in [-0.4, -0.2) is 12.1 Å². The van der Waals surface area contributed by atoms with Crippen LogP contribution >= 0.6 is 0 Å². The first-order chi connectivity index (χ1) is 18.7.